The summed E-state index contributed by atoms with van der Waals surface area (Å²) >= 11 is 0. The Hall–Kier alpha value is -1.62. The van der Waals surface area contributed by atoms with Crippen LogP contribution in [0, 0.1) is 5.92 Å². The number of rotatable bonds is 2. The maximum atomic E-state index is 9.39. The highest BCUT2D eigenvalue weighted by molar-refractivity contribution is 5.41. The van der Waals surface area contributed by atoms with E-state index < -0.39 is 0 Å². The standard InChI is InChI=1S/C10H12N4O/c15-8-1-2-9-12-13-10(14(9)6-8)3-7-4-11-5-7/h1-2,6-7,11,15H,3-5H2. The summed E-state index contributed by atoms with van der Waals surface area (Å²) in [6, 6.07) is 3.39. The quantitative estimate of drug-likeness (QED) is 0.733. The molecule has 3 rings (SSSR count). The lowest BCUT2D eigenvalue weighted by Crippen LogP contribution is -2.43. The van der Waals surface area contributed by atoms with E-state index in [1.807, 2.05) is 4.40 Å². The summed E-state index contributed by atoms with van der Waals surface area (Å²) in [5.41, 5.74) is 0.787. The van der Waals surface area contributed by atoms with Gasteiger partial charge in [0.15, 0.2) is 5.65 Å². The fourth-order valence-corrected chi connectivity index (χ4v) is 1.82. The van der Waals surface area contributed by atoms with Crippen LogP contribution >= 0.6 is 0 Å². The zero-order valence-corrected chi connectivity index (χ0v) is 8.22. The van der Waals surface area contributed by atoms with Crippen molar-refractivity contribution in [3.63, 3.8) is 0 Å². The molecule has 2 N–H and O–H groups in total. The van der Waals surface area contributed by atoms with Gasteiger partial charge in [0.1, 0.15) is 11.6 Å². The molecule has 0 amide bonds. The lowest BCUT2D eigenvalue weighted by molar-refractivity contribution is 0.340. The number of nitrogens with zero attached hydrogens (tertiary/aromatic N) is 3. The number of hydrogen-bond acceptors (Lipinski definition) is 4. The van der Waals surface area contributed by atoms with Crippen molar-refractivity contribution < 1.29 is 5.11 Å². The number of nitrogens with one attached hydrogen (secondary N) is 1. The Morgan fingerprint density at radius 1 is 1.40 bits per heavy atom. The molecule has 0 aromatic carbocycles. The number of hydrogen-bond donors (Lipinski definition) is 2. The molecule has 0 radical (unpaired) electrons. The Morgan fingerprint density at radius 2 is 2.27 bits per heavy atom. The van der Waals surface area contributed by atoms with Gasteiger partial charge in [-0.1, -0.05) is 0 Å². The SMILES string of the molecule is Oc1ccc2nnc(CC3CNC3)n2c1. The molecule has 1 fully saturated rings. The summed E-state index contributed by atoms with van der Waals surface area (Å²) < 4.78 is 1.85. The van der Waals surface area contributed by atoms with E-state index in [-0.39, 0.29) is 5.75 Å². The van der Waals surface area contributed by atoms with E-state index in [4.69, 9.17) is 0 Å². The van der Waals surface area contributed by atoms with Crippen LogP contribution in [0.25, 0.3) is 5.65 Å². The van der Waals surface area contributed by atoms with Crippen molar-refractivity contribution in [2.75, 3.05) is 13.1 Å². The topological polar surface area (TPSA) is 62.5 Å². The fraction of sp³-hybridized carbons (Fsp3) is 0.400. The van der Waals surface area contributed by atoms with Crippen LogP contribution < -0.4 is 5.32 Å². The van der Waals surface area contributed by atoms with Crippen molar-refractivity contribution in [3.05, 3.63) is 24.2 Å². The minimum absolute atomic E-state index is 0.246. The van der Waals surface area contributed by atoms with Crippen LogP contribution in [0.3, 0.4) is 0 Å². The third kappa shape index (κ3) is 1.45. The molecule has 15 heavy (non-hydrogen) atoms. The van der Waals surface area contributed by atoms with Gasteiger partial charge in [0.2, 0.25) is 0 Å². The highest BCUT2D eigenvalue weighted by Gasteiger charge is 2.19. The average molecular weight is 204 g/mol. The Kier molecular flexibility index (Phi) is 1.85. The summed E-state index contributed by atoms with van der Waals surface area (Å²) in [5, 5.41) is 20.8. The lowest BCUT2D eigenvalue weighted by atomic mass is 9.99. The normalized spacial score (nSPS) is 16.8. The van der Waals surface area contributed by atoms with Crippen LogP contribution in [0.1, 0.15) is 5.82 Å². The third-order valence-corrected chi connectivity index (χ3v) is 2.79. The predicted molar refractivity (Wildman–Crippen MR) is 54.7 cm³/mol. The van der Waals surface area contributed by atoms with Gasteiger partial charge >= 0.3 is 0 Å². The minimum atomic E-state index is 0.246. The molecule has 2 aromatic heterocycles. The molecule has 0 saturated carbocycles. The second-order valence-corrected chi connectivity index (χ2v) is 3.96. The Balaban J connectivity index is 1.98. The summed E-state index contributed by atoms with van der Waals surface area (Å²) in [7, 11) is 0. The molecule has 0 atom stereocenters. The van der Waals surface area contributed by atoms with Gasteiger partial charge in [-0.3, -0.25) is 4.40 Å². The van der Waals surface area contributed by atoms with Gasteiger partial charge < -0.3 is 10.4 Å². The van der Waals surface area contributed by atoms with Crippen LogP contribution in [-0.4, -0.2) is 32.8 Å². The van der Waals surface area contributed by atoms with Gasteiger partial charge in [0.05, 0.1) is 6.20 Å². The first-order valence-corrected chi connectivity index (χ1v) is 5.06. The van der Waals surface area contributed by atoms with Crippen LogP contribution in [0.15, 0.2) is 18.3 Å². The van der Waals surface area contributed by atoms with Gasteiger partial charge in [0.25, 0.3) is 0 Å². The smallest absolute Gasteiger partial charge is 0.161 e. The first kappa shape index (κ1) is 8.67. The van der Waals surface area contributed by atoms with Crippen LogP contribution in [0.2, 0.25) is 0 Å². The first-order chi connectivity index (χ1) is 7.33. The van der Waals surface area contributed by atoms with Gasteiger partial charge in [-0.25, -0.2) is 0 Å². The molecule has 0 bridgehead atoms. The minimum Gasteiger partial charge on any atom is -0.506 e. The molecule has 5 nitrogen and oxygen atoms in total. The van der Waals surface area contributed by atoms with Gasteiger partial charge in [-0.2, -0.15) is 0 Å². The summed E-state index contributed by atoms with van der Waals surface area (Å²) in [6.07, 6.45) is 2.58. The zero-order chi connectivity index (χ0) is 10.3. The molecule has 0 spiro atoms. The van der Waals surface area contributed by atoms with E-state index in [0.717, 1.165) is 31.0 Å². The summed E-state index contributed by atoms with van der Waals surface area (Å²) in [5.74, 6) is 1.82. The predicted octanol–water partition coefficient (Wildman–Crippen LogP) is 0.197. The molecule has 0 aliphatic carbocycles. The zero-order valence-electron chi connectivity index (χ0n) is 8.22. The van der Waals surface area contributed by atoms with E-state index in [9.17, 15) is 5.11 Å². The van der Waals surface area contributed by atoms with Crippen LogP contribution in [0.5, 0.6) is 5.75 Å². The Labute approximate surface area is 86.8 Å². The van der Waals surface area contributed by atoms with Crippen LogP contribution in [-0.2, 0) is 6.42 Å². The van der Waals surface area contributed by atoms with Crippen molar-refractivity contribution >= 4 is 5.65 Å². The average Bonchev–Trinajstić information content (AvgIpc) is 2.54. The lowest BCUT2D eigenvalue weighted by Gasteiger charge is -2.26. The molecular weight excluding hydrogens is 192 g/mol. The molecule has 0 unspecified atom stereocenters. The maximum absolute atomic E-state index is 9.39. The van der Waals surface area contributed by atoms with Crippen molar-refractivity contribution in [1.29, 1.82) is 0 Å². The molecular formula is C10H12N4O. The monoisotopic (exact) mass is 204 g/mol. The second kappa shape index (κ2) is 3.20. The molecule has 5 heteroatoms. The molecule has 1 saturated heterocycles. The van der Waals surface area contributed by atoms with Crippen LogP contribution in [0.4, 0.5) is 0 Å². The first-order valence-electron chi connectivity index (χ1n) is 5.06. The van der Waals surface area contributed by atoms with E-state index in [2.05, 4.69) is 15.5 Å². The summed E-state index contributed by atoms with van der Waals surface area (Å²) in [4.78, 5) is 0. The summed E-state index contributed by atoms with van der Waals surface area (Å²) in [6.45, 7) is 2.10. The molecule has 1 aliphatic rings. The fourth-order valence-electron chi connectivity index (χ4n) is 1.82. The molecule has 2 aromatic rings. The highest BCUT2D eigenvalue weighted by atomic mass is 16.3. The highest BCUT2D eigenvalue weighted by Crippen LogP contribution is 2.15. The van der Waals surface area contributed by atoms with Gasteiger partial charge in [-0.05, 0) is 31.1 Å². The number of aromatic nitrogens is 3. The third-order valence-electron chi connectivity index (χ3n) is 2.79. The number of fused-ring (bicyclic) bond motifs is 1. The van der Waals surface area contributed by atoms with Crippen molar-refractivity contribution in [2.45, 2.75) is 6.42 Å². The molecule has 3 heterocycles. The largest absolute Gasteiger partial charge is 0.506 e. The van der Waals surface area contributed by atoms with E-state index in [1.165, 1.54) is 0 Å². The Morgan fingerprint density at radius 3 is 3.00 bits per heavy atom. The van der Waals surface area contributed by atoms with E-state index in [0.29, 0.717) is 5.92 Å². The number of pyridine rings is 1. The van der Waals surface area contributed by atoms with Crippen molar-refractivity contribution in [2.24, 2.45) is 5.92 Å². The maximum Gasteiger partial charge on any atom is 0.161 e. The number of aromatic hydroxyl groups is 1. The second-order valence-electron chi connectivity index (χ2n) is 3.96. The Bertz CT molecular complexity index is 489. The molecule has 1 aliphatic heterocycles. The van der Waals surface area contributed by atoms with Gasteiger partial charge in [-0.15, -0.1) is 10.2 Å². The molecule has 78 valence electrons. The van der Waals surface area contributed by atoms with E-state index >= 15 is 0 Å². The van der Waals surface area contributed by atoms with E-state index in [1.54, 1.807) is 18.3 Å². The van der Waals surface area contributed by atoms with Crippen molar-refractivity contribution in [1.82, 2.24) is 19.9 Å². The van der Waals surface area contributed by atoms with Crippen molar-refractivity contribution in [3.8, 4) is 5.75 Å². The van der Waals surface area contributed by atoms with Gasteiger partial charge in [0, 0.05) is 6.42 Å².